The first-order valence-electron chi connectivity index (χ1n) is 12.1. The van der Waals surface area contributed by atoms with Crippen LogP contribution in [-0.4, -0.2) is 52.5 Å². The Balaban J connectivity index is 2.02. The number of benzene rings is 1. The van der Waals surface area contributed by atoms with Crippen molar-refractivity contribution in [3.63, 3.8) is 0 Å². The molecule has 1 aromatic carbocycles. The van der Waals surface area contributed by atoms with Crippen LogP contribution in [0.1, 0.15) is 63.3 Å². The van der Waals surface area contributed by atoms with Gasteiger partial charge in [0.15, 0.2) is 0 Å². The van der Waals surface area contributed by atoms with Crippen LogP contribution in [-0.2, 0) is 19.8 Å². The monoisotopic (exact) mass is 517 g/mol. The van der Waals surface area contributed by atoms with Crippen LogP contribution < -0.4 is 10.1 Å². The number of anilines is 1. The Morgan fingerprint density at radius 2 is 1.86 bits per heavy atom. The number of amides is 2. The minimum Gasteiger partial charge on any atom is -0.481 e. The highest BCUT2D eigenvalue weighted by Gasteiger charge is 2.49. The number of hydrogen-bond acceptors (Lipinski definition) is 5. The number of rotatable bonds is 9. The van der Waals surface area contributed by atoms with Crippen molar-refractivity contribution in [2.75, 3.05) is 18.4 Å². The maximum absolute atomic E-state index is 14.0. The first-order valence-corrected chi connectivity index (χ1v) is 12.1. The van der Waals surface area contributed by atoms with Crippen LogP contribution in [0.15, 0.2) is 36.4 Å². The average molecular weight is 518 g/mol. The Morgan fingerprint density at radius 3 is 2.49 bits per heavy atom. The van der Waals surface area contributed by atoms with Crippen molar-refractivity contribution < 1.29 is 33.0 Å². The van der Waals surface area contributed by atoms with Gasteiger partial charge in [0.05, 0.1) is 10.8 Å². The fourth-order valence-corrected chi connectivity index (χ4v) is 4.60. The molecule has 0 spiro atoms. The van der Waals surface area contributed by atoms with E-state index in [0.29, 0.717) is 5.69 Å². The van der Waals surface area contributed by atoms with Crippen molar-refractivity contribution in [1.29, 1.82) is 0 Å². The predicted molar refractivity (Wildman–Crippen MR) is 134 cm³/mol. The zero-order chi connectivity index (χ0) is 27.5. The van der Waals surface area contributed by atoms with Gasteiger partial charge >= 0.3 is 12.6 Å². The molecule has 2 amide bonds. The van der Waals surface area contributed by atoms with E-state index in [-0.39, 0.29) is 43.4 Å². The Hall–Kier alpha value is -3.56. The summed E-state index contributed by atoms with van der Waals surface area (Å²) in [6, 6.07) is 10.5. The minimum atomic E-state index is -3.13. The number of carboxylic acids is 1. The molecule has 0 saturated carbocycles. The van der Waals surface area contributed by atoms with Gasteiger partial charge in [0.2, 0.25) is 17.7 Å². The first-order chi connectivity index (χ1) is 17.3. The summed E-state index contributed by atoms with van der Waals surface area (Å²) < 4.78 is 30.6. The van der Waals surface area contributed by atoms with Gasteiger partial charge in [-0.05, 0) is 56.4 Å². The van der Waals surface area contributed by atoms with E-state index in [4.69, 9.17) is 0 Å². The molecular formula is C27H33F2N3O5. The highest BCUT2D eigenvalue weighted by molar-refractivity contribution is 6.01. The summed E-state index contributed by atoms with van der Waals surface area (Å²) in [6.07, 6.45) is 0.0479. The molecule has 1 fully saturated rings. The number of aliphatic carboxylic acids is 1. The number of ether oxygens (including phenoxy) is 1. The lowest BCUT2D eigenvalue weighted by atomic mass is 9.74. The van der Waals surface area contributed by atoms with Gasteiger partial charge in [-0.2, -0.15) is 8.78 Å². The molecule has 200 valence electrons. The quantitative estimate of drug-likeness (QED) is 0.498. The van der Waals surface area contributed by atoms with E-state index in [1.54, 1.807) is 13.0 Å². The Bertz CT molecular complexity index is 1180. The lowest BCUT2D eigenvalue weighted by Crippen LogP contribution is -2.45. The second-order valence-electron chi connectivity index (χ2n) is 10.4. The molecule has 1 aromatic heterocycles. The van der Waals surface area contributed by atoms with E-state index in [2.05, 4.69) is 15.0 Å². The summed E-state index contributed by atoms with van der Waals surface area (Å²) in [4.78, 5) is 44.2. The lowest BCUT2D eigenvalue weighted by molar-refractivity contribution is -0.151. The molecule has 1 atom stereocenters. The van der Waals surface area contributed by atoms with Crippen molar-refractivity contribution in [2.24, 2.45) is 5.41 Å². The van der Waals surface area contributed by atoms with Crippen LogP contribution in [0.2, 0.25) is 0 Å². The number of nitrogens with one attached hydrogen (secondary N) is 1. The second kappa shape index (κ2) is 10.8. The van der Waals surface area contributed by atoms with Gasteiger partial charge in [0, 0.05) is 25.2 Å². The van der Waals surface area contributed by atoms with Crippen LogP contribution in [0.3, 0.4) is 0 Å². The van der Waals surface area contributed by atoms with E-state index >= 15 is 0 Å². The molecule has 0 radical (unpaired) electrons. The molecule has 37 heavy (non-hydrogen) atoms. The van der Waals surface area contributed by atoms with Crippen LogP contribution in [0.4, 0.5) is 14.5 Å². The van der Waals surface area contributed by atoms with Crippen molar-refractivity contribution in [2.45, 2.75) is 65.4 Å². The van der Waals surface area contributed by atoms with Crippen molar-refractivity contribution in [3.8, 4) is 5.88 Å². The summed E-state index contributed by atoms with van der Waals surface area (Å²) in [5.41, 5.74) is -0.385. The maximum atomic E-state index is 14.0. The number of nitrogens with zero attached hydrogens (tertiary/aromatic N) is 2. The Kier molecular flexibility index (Phi) is 8.19. The number of carboxylic acid groups (broad SMARTS) is 1. The van der Waals surface area contributed by atoms with Crippen LogP contribution >= 0.6 is 0 Å². The topological polar surface area (TPSA) is 109 Å². The number of aromatic nitrogens is 1. The van der Waals surface area contributed by atoms with Gasteiger partial charge in [-0.3, -0.25) is 14.4 Å². The fraction of sp³-hybridized carbons (Fsp3) is 0.481. The van der Waals surface area contributed by atoms with E-state index in [1.807, 2.05) is 38.1 Å². The molecule has 1 aliphatic rings. The third kappa shape index (κ3) is 6.06. The van der Waals surface area contributed by atoms with Crippen molar-refractivity contribution in [3.05, 3.63) is 53.2 Å². The molecule has 8 nitrogen and oxygen atoms in total. The number of halogens is 2. The standard InChI is InChI=1S/C27H33F2N3O5/c1-16(2)18-8-6-7-9-19(18)27(12-13-32(15-27)21(33)14-26(4,5)24(35)36)23(34)31-20-11-10-17(3)30-22(20)37-25(28)29/h6-11,16,25H,12-15H2,1-5H3,(H,31,34)(H,35,36). The van der Waals surface area contributed by atoms with Gasteiger partial charge in [0.1, 0.15) is 5.69 Å². The molecule has 3 rings (SSSR count). The van der Waals surface area contributed by atoms with Crippen molar-refractivity contribution in [1.82, 2.24) is 9.88 Å². The Morgan fingerprint density at radius 1 is 1.19 bits per heavy atom. The summed E-state index contributed by atoms with van der Waals surface area (Å²) in [7, 11) is 0. The maximum Gasteiger partial charge on any atom is 0.388 e. The summed E-state index contributed by atoms with van der Waals surface area (Å²) in [5.74, 6) is -2.28. The van der Waals surface area contributed by atoms with E-state index < -0.39 is 35.2 Å². The van der Waals surface area contributed by atoms with Gasteiger partial charge < -0.3 is 20.1 Å². The Labute approximate surface area is 215 Å². The highest BCUT2D eigenvalue weighted by atomic mass is 19.3. The summed E-state index contributed by atoms with van der Waals surface area (Å²) in [5, 5.41) is 12.2. The summed E-state index contributed by atoms with van der Waals surface area (Å²) >= 11 is 0. The normalized spacial score (nSPS) is 17.8. The molecule has 0 aliphatic carbocycles. The molecule has 10 heteroatoms. The van der Waals surface area contributed by atoms with E-state index in [1.165, 1.54) is 24.8 Å². The lowest BCUT2D eigenvalue weighted by Gasteiger charge is -2.32. The highest BCUT2D eigenvalue weighted by Crippen LogP contribution is 2.41. The van der Waals surface area contributed by atoms with Gasteiger partial charge in [-0.15, -0.1) is 0 Å². The van der Waals surface area contributed by atoms with Gasteiger partial charge in [-0.1, -0.05) is 38.1 Å². The van der Waals surface area contributed by atoms with Crippen LogP contribution in [0, 0.1) is 12.3 Å². The number of aryl methyl sites for hydroxylation is 1. The second-order valence-corrected chi connectivity index (χ2v) is 10.4. The number of likely N-dealkylation sites (tertiary alicyclic amines) is 1. The van der Waals surface area contributed by atoms with Crippen molar-refractivity contribution >= 4 is 23.5 Å². The number of pyridine rings is 1. The van der Waals surface area contributed by atoms with E-state index in [9.17, 15) is 28.3 Å². The molecule has 2 heterocycles. The molecule has 1 aliphatic heterocycles. The first kappa shape index (κ1) is 28.0. The smallest absolute Gasteiger partial charge is 0.388 e. The average Bonchev–Trinajstić information content (AvgIpc) is 3.27. The predicted octanol–water partition coefficient (Wildman–Crippen LogP) is 4.72. The largest absolute Gasteiger partial charge is 0.481 e. The zero-order valence-corrected chi connectivity index (χ0v) is 21.7. The molecule has 1 saturated heterocycles. The van der Waals surface area contributed by atoms with Crippen LogP contribution in [0.5, 0.6) is 5.88 Å². The molecule has 2 aromatic rings. The number of alkyl halides is 2. The zero-order valence-electron chi connectivity index (χ0n) is 21.7. The number of hydrogen-bond donors (Lipinski definition) is 2. The fourth-order valence-electron chi connectivity index (χ4n) is 4.60. The van der Waals surface area contributed by atoms with Gasteiger partial charge in [0.25, 0.3) is 0 Å². The third-order valence-electron chi connectivity index (χ3n) is 6.78. The molecule has 1 unspecified atom stereocenters. The van der Waals surface area contributed by atoms with Crippen LogP contribution in [0.25, 0.3) is 0 Å². The third-order valence-corrected chi connectivity index (χ3v) is 6.78. The molecule has 2 N–H and O–H groups in total. The van der Waals surface area contributed by atoms with E-state index in [0.717, 1.165) is 11.1 Å². The number of carbonyl (C=O) groups is 3. The van der Waals surface area contributed by atoms with Gasteiger partial charge in [-0.25, -0.2) is 4.98 Å². The molecule has 0 bridgehead atoms. The molecular weight excluding hydrogens is 484 g/mol. The SMILES string of the molecule is Cc1ccc(NC(=O)C2(c3ccccc3C(C)C)CCN(C(=O)CC(C)(C)C(=O)O)C2)c(OC(F)F)n1. The summed E-state index contributed by atoms with van der Waals surface area (Å²) in [6.45, 7) is 5.69. The minimum absolute atomic E-state index is 0.00547. The number of carbonyl (C=O) groups excluding carboxylic acids is 2.